The SMILES string of the molecule is COc1ccc(CN2C(=O)C(Cl)=C(c3ccc(OC)cc3)C2=O)cc1. The van der Waals surface area contributed by atoms with Gasteiger partial charge >= 0.3 is 0 Å². The Morgan fingerprint density at radius 3 is 1.88 bits per heavy atom. The molecule has 5 nitrogen and oxygen atoms in total. The lowest BCUT2D eigenvalue weighted by atomic mass is 10.1. The number of imide groups is 1. The summed E-state index contributed by atoms with van der Waals surface area (Å²) in [5.41, 5.74) is 1.60. The standard InChI is InChI=1S/C19H16ClNO4/c1-24-14-7-3-12(4-8-14)11-21-18(22)16(17(20)19(21)23)13-5-9-15(25-2)10-6-13/h3-10H,11H2,1-2H3. The van der Waals surface area contributed by atoms with Crippen LogP contribution in [-0.2, 0) is 16.1 Å². The summed E-state index contributed by atoms with van der Waals surface area (Å²) in [4.78, 5) is 26.3. The molecule has 0 saturated heterocycles. The highest BCUT2D eigenvalue weighted by Gasteiger charge is 2.38. The minimum absolute atomic E-state index is 0.0660. The van der Waals surface area contributed by atoms with Gasteiger partial charge in [-0.25, -0.2) is 0 Å². The third kappa shape index (κ3) is 3.23. The van der Waals surface area contributed by atoms with E-state index < -0.39 is 11.8 Å². The minimum Gasteiger partial charge on any atom is -0.497 e. The molecule has 1 aliphatic rings. The van der Waals surface area contributed by atoms with Crippen LogP contribution in [0.4, 0.5) is 0 Å². The number of ether oxygens (including phenoxy) is 2. The van der Waals surface area contributed by atoms with Gasteiger partial charge in [-0.3, -0.25) is 14.5 Å². The van der Waals surface area contributed by atoms with Crippen molar-refractivity contribution in [3.8, 4) is 11.5 Å². The predicted molar refractivity (Wildman–Crippen MR) is 94.3 cm³/mol. The van der Waals surface area contributed by atoms with E-state index in [0.717, 1.165) is 10.5 Å². The lowest BCUT2D eigenvalue weighted by Crippen LogP contribution is -2.30. The van der Waals surface area contributed by atoms with Crippen molar-refractivity contribution in [1.29, 1.82) is 0 Å². The van der Waals surface area contributed by atoms with E-state index in [1.165, 1.54) is 0 Å². The summed E-state index contributed by atoms with van der Waals surface area (Å²) < 4.78 is 10.2. The molecule has 0 bridgehead atoms. The van der Waals surface area contributed by atoms with Gasteiger partial charge in [-0.15, -0.1) is 0 Å². The van der Waals surface area contributed by atoms with Crippen molar-refractivity contribution in [3.05, 3.63) is 64.7 Å². The lowest BCUT2D eigenvalue weighted by molar-refractivity contribution is -0.137. The van der Waals surface area contributed by atoms with Crippen LogP contribution in [0.3, 0.4) is 0 Å². The summed E-state index contributed by atoms with van der Waals surface area (Å²) in [6.45, 7) is 0.150. The van der Waals surface area contributed by atoms with Crippen molar-refractivity contribution < 1.29 is 19.1 Å². The van der Waals surface area contributed by atoms with Crippen molar-refractivity contribution in [3.63, 3.8) is 0 Å². The zero-order chi connectivity index (χ0) is 18.0. The first-order valence-corrected chi connectivity index (χ1v) is 7.96. The molecule has 0 atom stereocenters. The third-order valence-electron chi connectivity index (χ3n) is 3.99. The van der Waals surface area contributed by atoms with Gasteiger partial charge in [-0.05, 0) is 35.4 Å². The molecule has 2 aromatic carbocycles. The molecular weight excluding hydrogens is 342 g/mol. The van der Waals surface area contributed by atoms with E-state index in [-0.39, 0.29) is 17.2 Å². The quantitative estimate of drug-likeness (QED) is 0.771. The Morgan fingerprint density at radius 2 is 1.36 bits per heavy atom. The number of rotatable bonds is 5. The van der Waals surface area contributed by atoms with E-state index in [1.54, 1.807) is 62.8 Å². The summed E-state index contributed by atoms with van der Waals surface area (Å²) in [6.07, 6.45) is 0. The number of methoxy groups -OCH3 is 2. The maximum atomic E-state index is 12.7. The molecule has 128 valence electrons. The van der Waals surface area contributed by atoms with Crippen molar-refractivity contribution in [1.82, 2.24) is 4.90 Å². The minimum atomic E-state index is -0.492. The van der Waals surface area contributed by atoms with E-state index in [9.17, 15) is 9.59 Å². The summed E-state index contributed by atoms with van der Waals surface area (Å²) in [5, 5.41) is -0.0660. The number of nitrogens with zero attached hydrogens (tertiary/aromatic N) is 1. The summed E-state index contributed by atoms with van der Waals surface area (Å²) in [6, 6.07) is 14.0. The van der Waals surface area contributed by atoms with Gasteiger partial charge in [0.25, 0.3) is 11.8 Å². The molecule has 3 rings (SSSR count). The molecule has 0 aromatic heterocycles. The van der Waals surface area contributed by atoms with E-state index in [1.807, 2.05) is 0 Å². The number of benzene rings is 2. The first kappa shape index (κ1) is 17.0. The number of amides is 2. The maximum absolute atomic E-state index is 12.7. The molecule has 0 spiro atoms. The second-order valence-corrected chi connectivity index (χ2v) is 5.84. The highest BCUT2D eigenvalue weighted by molar-refractivity contribution is 6.55. The molecule has 1 aliphatic heterocycles. The lowest BCUT2D eigenvalue weighted by Gasteiger charge is -2.15. The van der Waals surface area contributed by atoms with E-state index >= 15 is 0 Å². The van der Waals surface area contributed by atoms with Gasteiger partial charge in [0.05, 0.1) is 26.3 Å². The molecule has 0 fully saturated rings. The van der Waals surface area contributed by atoms with Crippen molar-refractivity contribution in [2.24, 2.45) is 0 Å². The van der Waals surface area contributed by atoms with E-state index in [0.29, 0.717) is 17.1 Å². The Kier molecular flexibility index (Phi) is 4.76. The first-order chi connectivity index (χ1) is 12.0. The van der Waals surface area contributed by atoms with Gasteiger partial charge in [0.1, 0.15) is 16.5 Å². The number of carbonyl (C=O) groups is 2. The van der Waals surface area contributed by atoms with Crippen LogP contribution in [0.25, 0.3) is 5.57 Å². The number of halogens is 1. The monoisotopic (exact) mass is 357 g/mol. The number of carbonyl (C=O) groups excluding carboxylic acids is 2. The van der Waals surface area contributed by atoms with Gasteiger partial charge < -0.3 is 9.47 Å². The van der Waals surface area contributed by atoms with Gasteiger partial charge in [0, 0.05) is 0 Å². The van der Waals surface area contributed by atoms with Crippen LogP contribution in [-0.4, -0.2) is 30.9 Å². The molecule has 2 aromatic rings. The maximum Gasteiger partial charge on any atom is 0.273 e. The second kappa shape index (κ2) is 6.99. The Hall–Kier alpha value is -2.79. The zero-order valence-corrected chi connectivity index (χ0v) is 14.5. The molecule has 1 heterocycles. The summed E-state index contributed by atoms with van der Waals surface area (Å²) in [5.74, 6) is 0.467. The van der Waals surface area contributed by atoms with Crippen LogP contribution < -0.4 is 9.47 Å². The largest absolute Gasteiger partial charge is 0.497 e. The zero-order valence-electron chi connectivity index (χ0n) is 13.8. The molecule has 0 aliphatic carbocycles. The molecular formula is C19H16ClNO4. The van der Waals surface area contributed by atoms with Gasteiger partial charge in [-0.2, -0.15) is 0 Å². The van der Waals surface area contributed by atoms with Gasteiger partial charge in [-0.1, -0.05) is 35.9 Å². The van der Waals surface area contributed by atoms with Crippen molar-refractivity contribution in [2.75, 3.05) is 14.2 Å². The van der Waals surface area contributed by atoms with Gasteiger partial charge in [0.15, 0.2) is 0 Å². The van der Waals surface area contributed by atoms with Crippen LogP contribution in [0, 0.1) is 0 Å². The normalized spacial score (nSPS) is 14.3. The smallest absolute Gasteiger partial charge is 0.273 e. The number of hydrogen-bond donors (Lipinski definition) is 0. The molecule has 0 saturated carbocycles. The van der Waals surface area contributed by atoms with E-state index in [4.69, 9.17) is 21.1 Å². The van der Waals surface area contributed by atoms with E-state index in [2.05, 4.69) is 0 Å². The van der Waals surface area contributed by atoms with Crippen molar-refractivity contribution in [2.45, 2.75) is 6.54 Å². The highest BCUT2D eigenvalue weighted by atomic mass is 35.5. The molecule has 0 radical (unpaired) electrons. The molecule has 25 heavy (non-hydrogen) atoms. The Labute approximate surface area is 150 Å². The van der Waals surface area contributed by atoms with Crippen molar-refractivity contribution >= 4 is 29.0 Å². The predicted octanol–water partition coefficient (Wildman–Crippen LogP) is 3.22. The average molecular weight is 358 g/mol. The highest BCUT2D eigenvalue weighted by Crippen LogP contribution is 2.33. The van der Waals surface area contributed by atoms with Crippen LogP contribution in [0.2, 0.25) is 0 Å². The fourth-order valence-electron chi connectivity index (χ4n) is 2.61. The Morgan fingerprint density at radius 1 is 0.840 bits per heavy atom. The fraction of sp³-hybridized carbons (Fsp3) is 0.158. The molecule has 2 amide bonds. The van der Waals surface area contributed by atoms with Gasteiger partial charge in [0.2, 0.25) is 0 Å². The van der Waals surface area contributed by atoms with Crippen LogP contribution in [0.5, 0.6) is 11.5 Å². The Balaban J connectivity index is 1.84. The van der Waals surface area contributed by atoms with Crippen LogP contribution in [0.1, 0.15) is 11.1 Å². The topological polar surface area (TPSA) is 55.8 Å². The molecule has 0 N–H and O–H groups in total. The third-order valence-corrected chi connectivity index (χ3v) is 4.34. The molecule has 6 heteroatoms. The van der Waals surface area contributed by atoms with Crippen LogP contribution >= 0.6 is 11.6 Å². The summed E-state index contributed by atoms with van der Waals surface area (Å²) >= 11 is 6.16. The molecule has 0 unspecified atom stereocenters. The second-order valence-electron chi connectivity index (χ2n) is 5.46. The summed E-state index contributed by atoms with van der Waals surface area (Å²) in [7, 11) is 3.13. The Bertz CT molecular complexity index is 841. The number of hydrogen-bond acceptors (Lipinski definition) is 4. The van der Waals surface area contributed by atoms with Crippen LogP contribution in [0.15, 0.2) is 53.6 Å². The average Bonchev–Trinajstić information content (AvgIpc) is 2.86. The first-order valence-electron chi connectivity index (χ1n) is 7.58. The fourth-order valence-corrected chi connectivity index (χ4v) is 2.90.